The SMILES string of the molecule is CC1CCCC(CNC2CCCc3cc(O)ccc32)C1. The van der Waals surface area contributed by atoms with Crippen molar-refractivity contribution < 1.29 is 5.11 Å². The van der Waals surface area contributed by atoms with E-state index in [2.05, 4.69) is 18.3 Å². The van der Waals surface area contributed by atoms with Crippen LogP contribution in [0.15, 0.2) is 18.2 Å². The summed E-state index contributed by atoms with van der Waals surface area (Å²) in [6.07, 6.45) is 9.19. The smallest absolute Gasteiger partial charge is 0.115 e. The number of hydrogen-bond donors (Lipinski definition) is 2. The zero-order chi connectivity index (χ0) is 13.9. The van der Waals surface area contributed by atoms with Crippen LogP contribution in [0.5, 0.6) is 5.75 Å². The van der Waals surface area contributed by atoms with Gasteiger partial charge in [0.05, 0.1) is 0 Å². The molecule has 0 saturated heterocycles. The lowest BCUT2D eigenvalue weighted by atomic mass is 9.82. The second kappa shape index (κ2) is 6.17. The van der Waals surface area contributed by atoms with E-state index in [0.29, 0.717) is 11.8 Å². The van der Waals surface area contributed by atoms with E-state index >= 15 is 0 Å². The third-order valence-electron chi connectivity index (χ3n) is 5.14. The molecule has 2 heteroatoms. The molecule has 110 valence electrons. The van der Waals surface area contributed by atoms with E-state index in [-0.39, 0.29) is 0 Å². The third-order valence-corrected chi connectivity index (χ3v) is 5.14. The Morgan fingerprint density at radius 3 is 2.95 bits per heavy atom. The molecule has 0 heterocycles. The number of aromatic hydroxyl groups is 1. The number of phenols is 1. The Labute approximate surface area is 122 Å². The molecular weight excluding hydrogens is 246 g/mol. The summed E-state index contributed by atoms with van der Waals surface area (Å²) in [6.45, 7) is 3.56. The molecule has 3 unspecified atom stereocenters. The van der Waals surface area contributed by atoms with Gasteiger partial charge in [-0.05, 0) is 73.7 Å². The lowest BCUT2D eigenvalue weighted by Gasteiger charge is -2.31. The van der Waals surface area contributed by atoms with Gasteiger partial charge in [-0.2, -0.15) is 0 Å². The molecule has 1 aromatic rings. The first-order valence-corrected chi connectivity index (χ1v) is 8.27. The molecule has 0 aliphatic heterocycles. The maximum Gasteiger partial charge on any atom is 0.115 e. The van der Waals surface area contributed by atoms with E-state index < -0.39 is 0 Å². The fourth-order valence-electron chi connectivity index (χ4n) is 4.07. The Balaban J connectivity index is 1.61. The van der Waals surface area contributed by atoms with Crippen molar-refractivity contribution in [3.63, 3.8) is 0 Å². The zero-order valence-corrected chi connectivity index (χ0v) is 12.6. The van der Waals surface area contributed by atoms with Crippen molar-refractivity contribution in [2.45, 2.75) is 57.9 Å². The van der Waals surface area contributed by atoms with Crippen molar-refractivity contribution in [1.82, 2.24) is 5.32 Å². The zero-order valence-electron chi connectivity index (χ0n) is 12.6. The Morgan fingerprint density at radius 2 is 2.10 bits per heavy atom. The number of rotatable bonds is 3. The van der Waals surface area contributed by atoms with Crippen LogP contribution in [-0.4, -0.2) is 11.7 Å². The van der Waals surface area contributed by atoms with Crippen LogP contribution in [-0.2, 0) is 6.42 Å². The minimum Gasteiger partial charge on any atom is -0.508 e. The molecule has 1 aromatic carbocycles. The molecular formula is C18H27NO. The van der Waals surface area contributed by atoms with Crippen molar-refractivity contribution in [1.29, 1.82) is 0 Å². The van der Waals surface area contributed by atoms with Gasteiger partial charge in [-0.3, -0.25) is 0 Å². The Kier molecular flexibility index (Phi) is 4.30. The number of nitrogens with one attached hydrogen (secondary N) is 1. The molecule has 2 nitrogen and oxygen atoms in total. The maximum atomic E-state index is 9.62. The van der Waals surface area contributed by atoms with Gasteiger partial charge in [0.1, 0.15) is 5.75 Å². The highest BCUT2D eigenvalue weighted by Gasteiger charge is 2.23. The maximum absolute atomic E-state index is 9.62. The molecule has 2 aliphatic carbocycles. The highest BCUT2D eigenvalue weighted by Crippen LogP contribution is 2.33. The second-order valence-corrected chi connectivity index (χ2v) is 6.87. The van der Waals surface area contributed by atoms with Gasteiger partial charge in [-0.15, -0.1) is 0 Å². The van der Waals surface area contributed by atoms with Crippen LogP contribution < -0.4 is 5.32 Å². The fourth-order valence-corrected chi connectivity index (χ4v) is 4.07. The van der Waals surface area contributed by atoms with Gasteiger partial charge in [-0.1, -0.05) is 25.8 Å². The van der Waals surface area contributed by atoms with Crippen molar-refractivity contribution >= 4 is 0 Å². The van der Waals surface area contributed by atoms with E-state index in [0.717, 1.165) is 24.8 Å². The molecule has 3 atom stereocenters. The first kappa shape index (κ1) is 13.9. The van der Waals surface area contributed by atoms with Gasteiger partial charge in [0.2, 0.25) is 0 Å². The molecule has 0 amide bonds. The lowest BCUT2D eigenvalue weighted by molar-refractivity contribution is 0.263. The normalized spacial score (nSPS) is 29.9. The second-order valence-electron chi connectivity index (χ2n) is 6.87. The standard InChI is InChI=1S/C18H27NO/c1-13-4-2-5-14(10-13)12-19-18-7-3-6-15-11-16(20)8-9-17(15)18/h8-9,11,13-14,18-20H,2-7,10,12H2,1H3. The molecule has 1 saturated carbocycles. The number of aryl methyl sites for hydroxylation is 1. The molecule has 20 heavy (non-hydrogen) atoms. The molecule has 0 bridgehead atoms. The van der Waals surface area contributed by atoms with Crippen LogP contribution in [0.4, 0.5) is 0 Å². The molecule has 0 spiro atoms. The Morgan fingerprint density at radius 1 is 1.20 bits per heavy atom. The number of hydrogen-bond acceptors (Lipinski definition) is 2. The summed E-state index contributed by atoms with van der Waals surface area (Å²) >= 11 is 0. The monoisotopic (exact) mass is 273 g/mol. The highest BCUT2D eigenvalue weighted by molar-refractivity contribution is 5.38. The quantitative estimate of drug-likeness (QED) is 0.865. The van der Waals surface area contributed by atoms with E-state index in [1.54, 1.807) is 0 Å². The first-order valence-electron chi connectivity index (χ1n) is 8.27. The topological polar surface area (TPSA) is 32.3 Å². The molecule has 2 aliphatic rings. The highest BCUT2D eigenvalue weighted by atomic mass is 16.3. The minimum atomic E-state index is 0.408. The van der Waals surface area contributed by atoms with Gasteiger partial charge in [0.25, 0.3) is 0 Å². The lowest BCUT2D eigenvalue weighted by Crippen LogP contribution is -2.31. The minimum absolute atomic E-state index is 0.408. The van der Waals surface area contributed by atoms with Crippen LogP contribution in [0.25, 0.3) is 0 Å². The summed E-state index contributed by atoms with van der Waals surface area (Å²) in [7, 11) is 0. The Hall–Kier alpha value is -1.02. The molecule has 3 rings (SSSR count). The largest absolute Gasteiger partial charge is 0.508 e. The number of benzene rings is 1. The average Bonchev–Trinajstić information content (AvgIpc) is 2.44. The summed E-state index contributed by atoms with van der Waals surface area (Å²) < 4.78 is 0. The first-order chi connectivity index (χ1) is 9.72. The van der Waals surface area contributed by atoms with Crippen molar-refractivity contribution in [2.24, 2.45) is 11.8 Å². The van der Waals surface area contributed by atoms with Crippen LogP contribution in [0.3, 0.4) is 0 Å². The fraction of sp³-hybridized carbons (Fsp3) is 0.667. The number of fused-ring (bicyclic) bond motifs is 1. The summed E-state index contributed by atoms with van der Waals surface area (Å²) in [5, 5.41) is 13.4. The predicted octanol–water partition coefficient (Wildman–Crippen LogP) is 4.19. The van der Waals surface area contributed by atoms with Gasteiger partial charge in [-0.25, -0.2) is 0 Å². The summed E-state index contributed by atoms with van der Waals surface area (Å²) in [6, 6.07) is 6.40. The molecule has 0 radical (unpaired) electrons. The van der Waals surface area contributed by atoms with Crippen LogP contribution in [0.1, 0.15) is 62.6 Å². The predicted molar refractivity (Wildman–Crippen MR) is 82.9 cm³/mol. The van der Waals surface area contributed by atoms with E-state index in [1.165, 1.54) is 49.7 Å². The van der Waals surface area contributed by atoms with Gasteiger partial charge >= 0.3 is 0 Å². The van der Waals surface area contributed by atoms with Crippen molar-refractivity contribution in [3.8, 4) is 5.75 Å². The summed E-state index contributed by atoms with van der Waals surface area (Å²) in [5.41, 5.74) is 2.75. The van der Waals surface area contributed by atoms with Crippen molar-refractivity contribution in [2.75, 3.05) is 6.54 Å². The summed E-state index contributed by atoms with van der Waals surface area (Å²) in [5.74, 6) is 2.18. The van der Waals surface area contributed by atoms with Gasteiger partial charge in [0, 0.05) is 6.04 Å². The third kappa shape index (κ3) is 3.17. The molecule has 1 fully saturated rings. The Bertz CT molecular complexity index is 457. The van der Waals surface area contributed by atoms with E-state index in [4.69, 9.17) is 0 Å². The van der Waals surface area contributed by atoms with Crippen LogP contribution in [0.2, 0.25) is 0 Å². The van der Waals surface area contributed by atoms with Crippen molar-refractivity contribution in [3.05, 3.63) is 29.3 Å². The molecule has 2 N–H and O–H groups in total. The average molecular weight is 273 g/mol. The van der Waals surface area contributed by atoms with Gasteiger partial charge < -0.3 is 10.4 Å². The van der Waals surface area contributed by atoms with Gasteiger partial charge in [0.15, 0.2) is 0 Å². The number of phenolic OH excluding ortho intramolecular Hbond substituents is 1. The molecule has 0 aromatic heterocycles. The summed E-state index contributed by atoms with van der Waals surface area (Å²) in [4.78, 5) is 0. The van der Waals surface area contributed by atoms with E-state index in [1.807, 2.05) is 12.1 Å². The van der Waals surface area contributed by atoms with Crippen LogP contribution in [0, 0.1) is 11.8 Å². The van der Waals surface area contributed by atoms with E-state index in [9.17, 15) is 5.11 Å². The van der Waals surface area contributed by atoms with Crippen LogP contribution >= 0.6 is 0 Å².